The number of hydrogen-bond acceptors (Lipinski definition) is 2. The van der Waals surface area contributed by atoms with Crippen molar-refractivity contribution in [2.45, 2.75) is 19.8 Å². The second kappa shape index (κ2) is 7.30. The molecule has 5 heteroatoms. The summed E-state index contributed by atoms with van der Waals surface area (Å²) in [5.74, 6) is -0.0126. The fraction of sp³-hybridized carbons (Fsp3) is 0.417. The van der Waals surface area contributed by atoms with Crippen LogP contribution in [0.15, 0.2) is 29.4 Å². The second-order valence-electron chi connectivity index (χ2n) is 3.73. The Labute approximate surface area is 100 Å². The summed E-state index contributed by atoms with van der Waals surface area (Å²) in [5, 5.41) is 6.05. The summed E-state index contributed by atoms with van der Waals surface area (Å²) in [6, 6.07) is 8.03. The Morgan fingerprint density at radius 1 is 1.47 bits per heavy atom. The van der Waals surface area contributed by atoms with Crippen molar-refractivity contribution in [2.75, 3.05) is 13.1 Å². The minimum atomic E-state index is -0.0126. The number of benzene rings is 1. The van der Waals surface area contributed by atoms with Crippen LogP contribution in [0.3, 0.4) is 0 Å². The molecular weight excluding hydrogens is 216 g/mol. The van der Waals surface area contributed by atoms with E-state index in [2.05, 4.69) is 15.3 Å². The topological polar surface area (TPSA) is 77.9 Å². The van der Waals surface area contributed by atoms with Gasteiger partial charge in [0.05, 0.1) is 0 Å². The number of amides is 1. The van der Waals surface area contributed by atoms with E-state index >= 15 is 0 Å². The van der Waals surface area contributed by atoms with Gasteiger partial charge in [0.15, 0.2) is 0 Å². The Bertz CT molecular complexity index is 424. The summed E-state index contributed by atoms with van der Waals surface area (Å²) >= 11 is 0. The Morgan fingerprint density at radius 3 is 2.94 bits per heavy atom. The van der Waals surface area contributed by atoms with Gasteiger partial charge in [-0.1, -0.05) is 29.4 Å². The lowest BCUT2D eigenvalue weighted by atomic mass is 10.0. The van der Waals surface area contributed by atoms with Crippen LogP contribution >= 0.6 is 0 Å². The van der Waals surface area contributed by atoms with E-state index < -0.39 is 0 Å². The Hall–Kier alpha value is -2.00. The predicted molar refractivity (Wildman–Crippen MR) is 66.5 cm³/mol. The van der Waals surface area contributed by atoms with E-state index in [9.17, 15) is 4.79 Å². The molecule has 0 fully saturated rings. The van der Waals surface area contributed by atoms with Crippen molar-refractivity contribution in [2.24, 2.45) is 5.11 Å². The predicted octanol–water partition coefficient (Wildman–Crippen LogP) is 2.35. The number of carbonyl (C=O) groups is 1. The first-order valence-electron chi connectivity index (χ1n) is 5.56. The zero-order valence-electron chi connectivity index (χ0n) is 9.89. The van der Waals surface area contributed by atoms with E-state index in [4.69, 9.17) is 5.53 Å². The molecule has 0 unspecified atom stereocenters. The molecule has 1 aromatic carbocycles. The molecule has 0 radical (unpaired) electrons. The summed E-state index contributed by atoms with van der Waals surface area (Å²) in [6.07, 6.45) is 1.20. The Kier molecular flexibility index (Phi) is 5.61. The third kappa shape index (κ3) is 5.04. The van der Waals surface area contributed by atoms with Gasteiger partial charge < -0.3 is 5.32 Å². The maximum atomic E-state index is 11.4. The van der Waals surface area contributed by atoms with Gasteiger partial charge in [-0.2, -0.15) is 0 Å². The van der Waals surface area contributed by atoms with Gasteiger partial charge in [-0.3, -0.25) is 4.79 Å². The lowest BCUT2D eigenvalue weighted by molar-refractivity contribution is -0.120. The van der Waals surface area contributed by atoms with Crippen LogP contribution in [0.5, 0.6) is 0 Å². The molecule has 0 saturated heterocycles. The number of hydrogen-bond donors (Lipinski definition) is 1. The van der Waals surface area contributed by atoms with Crippen LogP contribution in [0, 0.1) is 6.92 Å². The molecule has 1 rings (SSSR count). The van der Waals surface area contributed by atoms with Crippen molar-refractivity contribution in [3.05, 3.63) is 45.8 Å². The van der Waals surface area contributed by atoms with E-state index in [0.717, 1.165) is 6.42 Å². The Balaban J connectivity index is 2.28. The summed E-state index contributed by atoms with van der Waals surface area (Å²) < 4.78 is 0. The first-order valence-corrected chi connectivity index (χ1v) is 5.56. The maximum Gasteiger partial charge on any atom is 0.220 e. The van der Waals surface area contributed by atoms with Crippen LogP contribution in [0.4, 0.5) is 0 Å². The molecule has 90 valence electrons. The number of aryl methyl sites for hydroxylation is 2. The van der Waals surface area contributed by atoms with Gasteiger partial charge in [-0.25, -0.2) is 0 Å². The van der Waals surface area contributed by atoms with Crippen LogP contribution in [0.2, 0.25) is 0 Å². The van der Waals surface area contributed by atoms with Gasteiger partial charge in [-0.05, 0) is 30.0 Å². The van der Waals surface area contributed by atoms with Crippen molar-refractivity contribution in [3.63, 3.8) is 0 Å². The highest BCUT2D eigenvalue weighted by molar-refractivity contribution is 5.76. The minimum absolute atomic E-state index is 0.0126. The van der Waals surface area contributed by atoms with Gasteiger partial charge in [0, 0.05) is 24.4 Å². The molecule has 0 aliphatic rings. The maximum absolute atomic E-state index is 11.4. The van der Waals surface area contributed by atoms with E-state index in [1.165, 1.54) is 11.1 Å². The van der Waals surface area contributed by atoms with Gasteiger partial charge in [0.1, 0.15) is 0 Å². The monoisotopic (exact) mass is 232 g/mol. The van der Waals surface area contributed by atoms with Gasteiger partial charge in [0.2, 0.25) is 5.91 Å². The molecular formula is C12H16N4O. The summed E-state index contributed by atoms with van der Waals surface area (Å²) in [4.78, 5) is 14.1. The lowest BCUT2D eigenvalue weighted by Crippen LogP contribution is -2.26. The SMILES string of the molecule is Cc1ccccc1CCC(=O)NCCN=[N+]=[N-]. The molecule has 5 nitrogen and oxygen atoms in total. The molecule has 0 aliphatic heterocycles. The molecule has 0 aromatic heterocycles. The third-order valence-electron chi connectivity index (χ3n) is 2.48. The minimum Gasteiger partial charge on any atom is -0.356 e. The number of azide groups is 1. The van der Waals surface area contributed by atoms with E-state index in [1.54, 1.807) is 0 Å². The fourth-order valence-electron chi connectivity index (χ4n) is 1.52. The summed E-state index contributed by atoms with van der Waals surface area (Å²) in [5.41, 5.74) is 10.5. The second-order valence-corrected chi connectivity index (χ2v) is 3.73. The van der Waals surface area contributed by atoms with E-state index in [0.29, 0.717) is 19.5 Å². The smallest absolute Gasteiger partial charge is 0.220 e. The number of nitrogens with one attached hydrogen (secondary N) is 1. The average Bonchev–Trinajstić information content (AvgIpc) is 2.34. The zero-order valence-corrected chi connectivity index (χ0v) is 9.89. The third-order valence-corrected chi connectivity index (χ3v) is 2.48. The van der Waals surface area contributed by atoms with Crippen molar-refractivity contribution < 1.29 is 4.79 Å². The highest BCUT2D eigenvalue weighted by Crippen LogP contribution is 2.09. The lowest BCUT2D eigenvalue weighted by Gasteiger charge is -2.05. The largest absolute Gasteiger partial charge is 0.356 e. The van der Waals surface area contributed by atoms with Gasteiger partial charge >= 0.3 is 0 Å². The van der Waals surface area contributed by atoms with Crippen LogP contribution < -0.4 is 5.32 Å². The van der Waals surface area contributed by atoms with Crippen molar-refractivity contribution in [1.82, 2.24) is 5.32 Å². The summed E-state index contributed by atoms with van der Waals surface area (Å²) in [6.45, 7) is 2.73. The average molecular weight is 232 g/mol. The number of rotatable bonds is 6. The first-order chi connectivity index (χ1) is 8.24. The molecule has 0 atom stereocenters. The summed E-state index contributed by atoms with van der Waals surface area (Å²) in [7, 11) is 0. The van der Waals surface area contributed by atoms with Crippen LogP contribution in [0.25, 0.3) is 10.4 Å². The molecule has 0 heterocycles. The molecule has 1 aromatic rings. The van der Waals surface area contributed by atoms with E-state index in [-0.39, 0.29) is 5.91 Å². The van der Waals surface area contributed by atoms with Crippen LogP contribution in [-0.2, 0) is 11.2 Å². The molecule has 0 spiro atoms. The molecule has 0 aliphatic carbocycles. The molecule has 0 saturated carbocycles. The molecule has 1 N–H and O–H groups in total. The van der Waals surface area contributed by atoms with Crippen molar-refractivity contribution >= 4 is 5.91 Å². The van der Waals surface area contributed by atoms with Crippen LogP contribution in [0.1, 0.15) is 17.5 Å². The van der Waals surface area contributed by atoms with Crippen molar-refractivity contribution in [1.29, 1.82) is 0 Å². The highest BCUT2D eigenvalue weighted by atomic mass is 16.1. The normalized spacial score (nSPS) is 9.47. The highest BCUT2D eigenvalue weighted by Gasteiger charge is 2.02. The fourth-order valence-corrected chi connectivity index (χ4v) is 1.52. The van der Waals surface area contributed by atoms with E-state index in [1.807, 2.05) is 31.2 Å². The number of nitrogens with zero attached hydrogens (tertiary/aromatic N) is 3. The van der Waals surface area contributed by atoms with Gasteiger partial charge in [-0.15, -0.1) is 0 Å². The van der Waals surface area contributed by atoms with Crippen LogP contribution in [-0.4, -0.2) is 19.0 Å². The standard InChI is InChI=1S/C12H16N4O/c1-10-4-2-3-5-11(10)6-7-12(17)14-8-9-15-16-13/h2-5H,6-9H2,1H3,(H,14,17). The van der Waals surface area contributed by atoms with Crippen molar-refractivity contribution in [3.8, 4) is 0 Å². The first kappa shape index (κ1) is 13.1. The van der Waals surface area contributed by atoms with Gasteiger partial charge in [0.25, 0.3) is 0 Å². The molecule has 0 bridgehead atoms. The quantitative estimate of drug-likeness (QED) is 0.347. The zero-order chi connectivity index (χ0) is 12.5. The number of carbonyl (C=O) groups excluding carboxylic acids is 1. The Morgan fingerprint density at radius 2 is 2.24 bits per heavy atom. The molecule has 1 amide bonds. The molecule has 17 heavy (non-hydrogen) atoms.